The molecule has 1 amide bonds. The number of ether oxygens (including phenoxy) is 1. The number of hydrogen-bond acceptors (Lipinski definition) is 4. The Morgan fingerprint density at radius 2 is 2.26 bits per heavy atom. The first kappa shape index (κ1) is 17.7. The molecule has 2 unspecified atom stereocenters. The first-order chi connectivity index (χ1) is 10.8. The van der Waals surface area contributed by atoms with Gasteiger partial charge in [0, 0.05) is 18.3 Å². The number of fused-ring (bicyclic) bond motifs is 1. The number of nitrogens with one attached hydrogen (secondary N) is 2. The minimum absolute atomic E-state index is 0.0733. The van der Waals surface area contributed by atoms with Crippen molar-refractivity contribution in [3.8, 4) is 0 Å². The SMILES string of the molecule is CC(CCNC1CCCc2cccnc21)NC(=O)OC(C)(C)C. The average Bonchev–Trinajstić information content (AvgIpc) is 2.45. The van der Waals surface area contributed by atoms with Crippen LogP contribution in [0.1, 0.15) is 64.3 Å². The first-order valence-electron chi connectivity index (χ1n) is 8.52. The second-order valence-corrected chi connectivity index (χ2v) is 7.28. The molecular weight excluding hydrogens is 290 g/mol. The molecule has 5 nitrogen and oxygen atoms in total. The van der Waals surface area contributed by atoms with Gasteiger partial charge in [0.1, 0.15) is 5.60 Å². The number of carbonyl (C=O) groups excluding carboxylic acids is 1. The third-order valence-electron chi connectivity index (χ3n) is 3.93. The molecule has 1 aliphatic carbocycles. The Kier molecular flexibility index (Phi) is 5.99. The molecule has 0 aromatic carbocycles. The number of alkyl carbamates (subject to hydrolysis) is 1. The van der Waals surface area contributed by atoms with E-state index in [0.29, 0.717) is 6.04 Å². The fourth-order valence-corrected chi connectivity index (χ4v) is 2.86. The Morgan fingerprint density at radius 1 is 1.48 bits per heavy atom. The van der Waals surface area contributed by atoms with E-state index in [1.54, 1.807) is 0 Å². The number of nitrogens with zero attached hydrogens (tertiary/aromatic N) is 1. The molecule has 2 N–H and O–H groups in total. The Hall–Kier alpha value is -1.62. The third kappa shape index (κ3) is 5.82. The second-order valence-electron chi connectivity index (χ2n) is 7.28. The maximum atomic E-state index is 11.7. The van der Waals surface area contributed by atoms with Crippen LogP contribution in [0.4, 0.5) is 4.79 Å². The van der Waals surface area contributed by atoms with E-state index in [-0.39, 0.29) is 12.1 Å². The smallest absolute Gasteiger partial charge is 0.407 e. The number of carbonyl (C=O) groups is 1. The number of amides is 1. The quantitative estimate of drug-likeness (QED) is 0.873. The van der Waals surface area contributed by atoms with Gasteiger partial charge in [-0.1, -0.05) is 6.07 Å². The fraction of sp³-hybridized carbons (Fsp3) is 0.667. The van der Waals surface area contributed by atoms with E-state index < -0.39 is 5.60 Å². The van der Waals surface area contributed by atoms with Gasteiger partial charge in [0.2, 0.25) is 0 Å². The monoisotopic (exact) mass is 319 g/mol. The zero-order valence-electron chi connectivity index (χ0n) is 14.7. The third-order valence-corrected chi connectivity index (χ3v) is 3.93. The lowest BCUT2D eigenvalue weighted by Gasteiger charge is -2.26. The molecule has 0 aliphatic heterocycles. The maximum Gasteiger partial charge on any atom is 0.407 e. The van der Waals surface area contributed by atoms with Crippen LogP contribution in [-0.2, 0) is 11.2 Å². The minimum Gasteiger partial charge on any atom is -0.444 e. The van der Waals surface area contributed by atoms with Crippen molar-refractivity contribution in [1.82, 2.24) is 15.6 Å². The summed E-state index contributed by atoms with van der Waals surface area (Å²) in [5.41, 5.74) is 2.09. The largest absolute Gasteiger partial charge is 0.444 e. The van der Waals surface area contributed by atoms with E-state index in [9.17, 15) is 4.79 Å². The first-order valence-corrected chi connectivity index (χ1v) is 8.52. The van der Waals surface area contributed by atoms with E-state index in [0.717, 1.165) is 25.8 Å². The maximum absolute atomic E-state index is 11.7. The van der Waals surface area contributed by atoms with Crippen LogP contribution in [0.3, 0.4) is 0 Å². The number of hydrogen-bond donors (Lipinski definition) is 2. The summed E-state index contributed by atoms with van der Waals surface area (Å²) in [7, 11) is 0. The lowest BCUT2D eigenvalue weighted by Crippen LogP contribution is -2.39. The lowest BCUT2D eigenvalue weighted by atomic mass is 9.92. The molecule has 1 aliphatic rings. The number of pyridine rings is 1. The lowest BCUT2D eigenvalue weighted by molar-refractivity contribution is 0.0506. The molecule has 2 atom stereocenters. The van der Waals surface area contributed by atoms with Crippen molar-refractivity contribution in [3.63, 3.8) is 0 Å². The van der Waals surface area contributed by atoms with Crippen LogP contribution >= 0.6 is 0 Å². The summed E-state index contributed by atoms with van der Waals surface area (Å²) < 4.78 is 5.27. The van der Waals surface area contributed by atoms with Crippen LogP contribution < -0.4 is 10.6 Å². The summed E-state index contributed by atoms with van der Waals surface area (Å²) in [4.78, 5) is 16.3. The van der Waals surface area contributed by atoms with Crippen molar-refractivity contribution >= 4 is 6.09 Å². The van der Waals surface area contributed by atoms with Crippen LogP contribution in [0.15, 0.2) is 18.3 Å². The fourth-order valence-electron chi connectivity index (χ4n) is 2.86. The standard InChI is InChI=1S/C18H29N3O2/c1-13(21-17(22)23-18(2,3)4)10-12-19-15-9-5-7-14-8-6-11-20-16(14)15/h6,8,11,13,15,19H,5,7,9-10,12H2,1-4H3,(H,21,22). The van der Waals surface area contributed by atoms with E-state index in [2.05, 4.69) is 21.7 Å². The zero-order chi connectivity index (χ0) is 16.9. The predicted molar refractivity (Wildman–Crippen MR) is 91.4 cm³/mol. The van der Waals surface area contributed by atoms with Gasteiger partial charge in [-0.05, 0) is 71.6 Å². The van der Waals surface area contributed by atoms with Gasteiger partial charge >= 0.3 is 6.09 Å². The minimum atomic E-state index is -0.459. The highest BCUT2D eigenvalue weighted by molar-refractivity contribution is 5.67. The molecule has 0 saturated heterocycles. The molecule has 1 aromatic rings. The normalized spacial score (nSPS) is 18.9. The Balaban J connectivity index is 1.74. The molecule has 0 fully saturated rings. The van der Waals surface area contributed by atoms with Crippen molar-refractivity contribution in [3.05, 3.63) is 29.6 Å². The van der Waals surface area contributed by atoms with Gasteiger partial charge in [0.15, 0.2) is 0 Å². The van der Waals surface area contributed by atoms with Crippen molar-refractivity contribution < 1.29 is 9.53 Å². The number of rotatable bonds is 5. The highest BCUT2D eigenvalue weighted by Gasteiger charge is 2.21. The molecule has 23 heavy (non-hydrogen) atoms. The summed E-state index contributed by atoms with van der Waals surface area (Å²) in [6.45, 7) is 8.45. The van der Waals surface area contributed by atoms with E-state index in [1.165, 1.54) is 17.7 Å². The van der Waals surface area contributed by atoms with Gasteiger partial charge in [0.25, 0.3) is 0 Å². The van der Waals surface area contributed by atoms with Crippen molar-refractivity contribution in [2.75, 3.05) is 6.54 Å². The van der Waals surface area contributed by atoms with Gasteiger partial charge in [-0.2, -0.15) is 0 Å². The Labute approximate surface area is 139 Å². The Bertz CT molecular complexity index is 525. The average molecular weight is 319 g/mol. The summed E-state index contributed by atoms with van der Waals surface area (Å²) >= 11 is 0. The molecule has 2 rings (SSSR count). The van der Waals surface area contributed by atoms with E-state index in [1.807, 2.05) is 40.0 Å². The van der Waals surface area contributed by atoms with Crippen LogP contribution in [0.5, 0.6) is 0 Å². The van der Waals surface area contributed by atoms with E-state index >= 15 is 0 Å². The van der Waals surface area contributed by atoms with Gasteiger partial charge in [0.05, 0.1) is 5.69 Å². The van der Waals surface area contributed by atoms with Crippen LogP contribution in [-0.4, -0.2) is 29.3 Å². The van der Waals surface area contributed by atoms with Gasteiger partial charge in [-0.15, -0.1) is 0 Å². The number of aromatic nitrogens is 1. The summed E-state index contributed by atoms with van der Waals surface area (Å²) in [5, 5.41) is 6.45. The highest BCUT2D eigenvalue weighted by Crippen LogP contribution is 2.27. The molecule has 0 bridgehead atoms. The summed E-state index contributed by atoms with van der Waals surface area (Å²) in [6.07, 6.45) is 5.82. The van der Waals surface area contributed by atoms with Crippen molar-refractivity contribution in [2.45, 2.75) is 71.1 Å². The zero-order valence-corrected chi connectivity index (χ0v) is 14.7. The summed E-state index contributed by atoms with van der Waals surface area (Å²) in [6, 6.07) is 4.58. The molecule has 0 radical (unpaired) electrons. The Morgan fingerprint density at radius 3 is 3.00 bits per heavy atom. The van der Waals surface area contributed by atoms with Crippen LogP contribution in [0, 0.1) is 0 Å². The molecule has 0 spiro atoms. The topological polar surface area (TPSA) is 63.2 Å². The van der Waals surface area contributed by atoms with Crippen LogP contribution in [0.25, 0.3) is 0 Å². The van der Waals surface area contributed by atoms with Crippen LogP contribution in [0.2, 0.25) is 0 Å². The molecule has 1 aromatic heterocycles. The van der Waals surface area contributed by atoms with Crippen molar-refractivity contribution in [1.29, 1.82) is 0 Å². The van der Waals surface area contributed by atoms with Crippen molar-refractivity contribution in [2.24, 2.45) is 0 Å². The molecule has 128 valence electrons. The molecule has 1 heterocycles. The predicted octanol–water partition coefficient (Wildman–Crippen LogP) is 3.35. The number of aryl methyl sites for hydroxylation is 1. The second kappa shape index (κ2) is 7.77. The van der Waals surface area contributed by atoms with Gasteiger partial charge < -0.3 is 15.4 Å². The van der Waals surface area contributed by atoms with Gasteiger partial charge in [-0.3, -0.25) is 4.98 Å². The molecular formula is C18H29N3O2. The molecule has 0 saturated carbocycles. The van der Waals surface area contributed by atoms with E-state index in [4.69, 9.17) is 4.74 Å². The highest BCUT2D eigenvalue weighted by atomic mass is 16.6. The molecule has 5 heteroatoms. The summed E-state index contributed by atoms with van der Waals surface area (Å²) in [5.74, 6) is 0. The van der Waals surface area contributed by atoms with Gasteiger partial charge in [-0.25, -0.2) is 4.79 Å².